The minimum Gasteiger partial charge on any atom is -0.497 e. The summed E-state index contributed by atoms with van der Waals surface area (Å²) in [6, 6.07) is 12.5. The highest BCUT2D eigenvalue weighted by Crippen LogP contribution is 2.32. The second-order valence-corrected chi connectivity index (χ2v) is 5.70. The van der Waals surface area contributed by atoms with Crippen molar-refractivity contribution in [2.24, 2.45) is 0 Å². The van der Waals surface area contributed by atoms with Gasteiger partial charge in [-0.1, -0.05) is 12.1 Å². The largest absolute Gasteiger partial charge is 0.497 e. The average Bonchev–Trinajstić information content (AvgIpc) is 2.66. The molecule has 1 aliphatic rings. The van der Waals surface area contributed by atoms with Gasteiger partial charge in [-0.3, -0.25) is 4.79 Å². The standard InChI is InChI=1S/C19H21NO5/c1-12(14-10-13(22-2)8-9-15(14)23-3)20-19(21)18-11-24-16-6-4-5-7-17(16)25-18/h4-10,12,18H,11H2,1-3H3,(H,20,21)/t12-,18-/m0/s1. The van der Waals surface area contributed by atoms with E-state index in [9.17, 15) is 4.79 Å². The van der Waals surface area contributed by atoms with E-state index in [1.807, 2.05) is 43.3 Å². The molecule has 1 aliphatic heterocycles. The van der Waals surface area contributed by atoms with Gasteiger partial charge in [0.05, 0.1) is 20.3 Å². The maximum absolute atomic E-state index is 12.6. The number of methoxy groups -OCH3 is 2. The Morgan fingerprint density at radius 3 is 2.64 bits per heavy atom. The zero-order chi connectivity index (χ0) is 17.8. The van der Waals surface area contributed by atoms with Crippen LogP contribution < -0.4 is 24.3 Å². The Balaban J connectivity index is 1.71. The molecule has 3 rings (SSSR count). The first-order valence-corrected chi connectivity index (χ1v) is 8.03. The van der Waals surface area contributed by atoms with E-state index in [-0.39, 0.29) is 18.6 Å². The van der Waals surface area contributed by atoms with Crippen molar-refractivity contribution in [3.8, 4) is 23.0 Å². The predicted molar refractivity (Wildman–Crippen MR) is 92.5 cm³/mol. The number of amides is 1. The average molecular weight is 343 g/mol. The molecule has 132 valence electrons. The molecule has 0 aliphatic carbocycles. The van der Waals surface area contributed by atoms with Crippen molar-refractivity contribution in [1.82, 2.24) is 5.32 Å². The Bertz CT molecular complexity index is 761. The van der Waals surface area contributed by atoms with Gasteiger partial charge in [-0.2, -0.15) is 0 Å². The van der Waals surface area contributed by atoms with Gasteiger partial charge in [0, 0.05) is 5.56 Å². The van der Waals surface area contributed by atoms with Crippen LogP contribution in [0.3, 0.4) is 0 Å². The molecule has 25 heavy (non-hydrogen) atoms. The summed E-state index contributed by atoms with van der Waals surface area (Å²) in [5.41, 5.74) is 0.826. The Kier molecular flexibility index (Phi) is 4.97. The summed E-state index contributed by atoms with van der Waals surface area (Å²) in [5.74, 6) is 2.35. The number of ether oxygens (including phenoxy) is 4. The van der Waals surface area contributed by atoms with Gasteiger partial charge in [0.2, 0.25) is 6.10 Å². The molecule has 0 spiro atoms. The number of hydrogen-bond donors (Lipinski definition) is 1. The third-order valence-electron chi connectivity index (χ3n) is 4.06. The van der Waals surface area contributed by atoms with Crippen molar-refractivity contribution >= 4 is 5.91 Å². The van der Waals surface area contributed by atoms with E-state index in [4.69, 9.17) is 18.9 Å². The number of benzene rings is 2. The minimum absolute atomic E-state index is 0.171. The summed E-state index contributed by atoms with van der Waals surface area (Å²) in [5, 5.41) is 2.94. The van der Waals surface area contributed by atoms with Crippen LogP contribution in [0.5, 0.6) is 23.0 Å². The van der Waals surface area contributed by atoms with Crippen molar-refractivity contribution in [3.63, 3.8) is 0 Å². The van der Waals surface area contributed by atoms with Crippen LogP contribution >= 0.6 is 0 Å². The number of hydrogen-bond acceptors (Lipinski definition) is 5. The molecule has 6 heteroatoms. The molecule has 2 aromatic rings. The van der Waals surface area contributed by atoms with Gasteiger partial charge < -0.3 is 24.3 Å². The van der Waals surface area contributed by atoms with Crippen molar-refractivity contribution in [3.05, 3.63) is 48.0 Å². The lowest BCUT2D eigenvalue weighted by atomic mass is 10.1. The van der Waals surface area contributed by atoms with E-state index >= 15 is 0 Å². The lowest BCUT2D eigenvalue weighted by molar-refractivity contribution is -0.131. The summed E-state index contributed by atoms with van der Waals surface area (Å²) in [6.07, 6.45) is -0.700. The molecule has 2 atom stereocenters. The topological polar surface area (TPSA) is 66.0 Å². The second kappa shape index (κ2) is 7.34. The summed E-state index contributed by atoms with van der Waals surface area (Å²) >= 11 is 0. The molecule has 0 fully saturated rings. The number of fused-ring (bicyclic) bond motifs is 1. The lowest BCUT2D eigenvalue weighted by Crippen LogP contribution is -2.44. The zero-order valence-corrected chi connectivity index (χ0v) is 14.4. The molecule has 1 N–H and O–H groups in total. The number of para-hydroxylation sites is 2. The van der Waals surface area contributed by atoms with Crippen molar-refractivity contribution in [2.45, 2.75) is 19.1 Å². The van der Waals surface area contributed by atoms with Crippen LogP contribution in [-0.4, -0.2) is 32.8 Å². The monoisotopic (exact) mass is 343 g/mol. The lowest BCUT2D eigenvalue weighted by Gasteiger charge is -2.27. The van der Waals surface area contributed by atoms with Crippen molar-refractivity contribution < 1.29 is 23.7 Å². The third kappa shape index (κ3) is 3.63. The minimum atomic E-state index is -0.700. The van der Waals surface area contributed by atoms with Gasteiger partial charge in [-0.05, 0) is 37.3 Å². The molecule has 0 radical (unpaired) electrons. The molecule has 0 unspecified atom stereocenters. The van der Waals surface area contributed by atoms with Gasteiger partial charge >= 0.3 is 0 Å². The number of nitrogens with one attached hydrogen (secondary N) is 1. The maximum atomic E-state index is 12.6. The molecule has 0 saturated carbocycles. The highest BCUT2D eigenvalue weighted by atomic mass is 16.6. The molecular weight excluding hydrogens is 322 g/mol. The Morgan fingerprint density at radius 2 is 1.92 bits per heavy atom. The van der Waals surface area contributed by atoms with E-state index in [1.165, 1.54) is 0 Å². The van der Waals surface area contributed by atoms with Crippen LogP contribution in [0, 0.1) is 0 Å². The SMILES string of the molecule is COc1ccc(OC)c([C@H](C)NC(=O)[C@@H]2COc3ccccc3O2)c1. The highest BCUT2D eigenvalue weighted by molar-refractivity contribution is 5.82. The van der Waals surface area contributed by atoms with Crippen molar-refractivity contribution in [1.29, 1.82) is 0 Å². The first-order valence-electron chi connectivity index (χ1n) is 8.03. The van der Waals surface area contributed by atoms with E-state index in [0.717, 1.165) is 5.56 Å². The summed E-state index contributed by atoms with van der Waals surface area (Å²) in [7, 11) is 3.19. The van der Waals surface area contributed by atoms with E-state index < -0.39 is 6.10 Å². The first-order chi connectivity index (χ1) is 12.1. The Hall–Kier alpha value is -2.89. The molecule has 1 amide bonds. The Morgan fingerprint density at radius 1 is 1.16 bits per heavy atom. The summed E-state index contributed by atoms with van der Waals surface area (Å²) in [4.78, 5) is 12.6. The quantitative estimate of drug-likeness (QED) is 0.904. The molecule has 0 aromatic heterocycles. The molecule has 0 saturated heterocycles. The van der Waals surface area contributed by atoms with Crippen LogP contribution in [0.25, 0.3) is 0 Å². The zero-order valence-electron chi connectivity index (χ0n) is 14.4. The van der Waals surface area contributed by atoms with Crippen LogP contribution in [0.15, 0.2) is 42.5 Å². The van der Waals surface area contributed by atoms with Crippen LogP contribution in [0.4, 0.5) is 0 Å². The second-order valence-electron chi connectivity index (χ2n) is 5.70. The van der Waals surface area contributed by atoms with E-state index in [0.29, 0.717) is 23.0 Å². The normalized spacial score (nSPS) is 16.7. The Labute approximate surface area is 146 Å². The number of carbonyl (C=O) groups excluding carboxylic acids is 1. The molecular formula is C19H21NO5. The molecule has 6 nitrogen and oxygen atoms in total. The number of carbonyl (C=O) groups is 1. The van der Waals surface area contributed by atoms with Gasteiger partial charge in [-0.15, -0.1) is 0 Å². The third-order valence-corrected chi connectivity index (χ3v) is 4.06. The first kappa shape index (κ1) is 17.0. The maximum Gasteiger partial charge on any atom is 0.265 e. The van der Waals surface area contributed by atoms with Crippen LogP contribution in [0.2, 0.25) is 0 Å². The van der Waals surface area contributed by atoms with Gasteiger partial charge in [-0.25, -0.2) is 0 Å². The van der Waals surface area contributed by atoms with E-state index in [1.54, 1.807) is 20.3 Å². The van der Waals surface area contributed by atoms with Gasteiger partial charge in [0.25, 0.3) is 5.91 Å². The van der Waals surface area contributed by atoms with Crippen LogP contribution in [0.1, 0.15) is 18.5 Å². The summed E-state index contributed by atoms with van der Waals surface area (Å²) < 4.78 is 22.0. The van der Waals surface area contributed by atoms with Gasteiger partial charge in [0.15, 0.2) is 11.5 Å². The van der Waals surface area contributed by atoms with E-state index in [2.05, 4.69) is 5.32 Å². The van der Waals surface area contributed by atoms with Crippen LogP contribution in [-0.2, 0) is 4.79 Å². The molecule has 0 bridgehead atoms. The fraction of sp³-hybridized carbons (Fsp3) is 0.316. The fourth-order valence-electron chi connectivity index (χ4n) is 2.71. The number of rotatable bonds is 5. The highest BCUT2D eigenvalue weighted by Gasteiger charge is 2.28. The predicted octanol–water partition coefficient (Wildman–Crippen LogP) is 2.72. The fourth-order valence-corrected chi connectivity index (χ4v) is 2.71. The molecule has 2 aromatic carbocycles. The van der Waals surface area contributed by atoms with Gasteiger partial charge in [0.1, 0.15) is 18.1 Å². The summed E-state index contributed by atoms with van der Waals surface area (Å²) in [6.45, 7) is 2.05. The molecule has 1 heterocycles. The smallest absolute Gasteiger partial charge is 0.265 e. The van der Waals surface area contributed by atoms with Crippen molar-refractivity contribution in [2.75, 3.05) is 20.8 Å².